The third-order valence-electron chi connectivity index (χ3n) is 3.88. The van der Waals surface area contributed by atoms with Gasteiger partial charge in [0.25, 0.3) is 5.91 Å². The first kappa shape index (κ1) is 19.8. The Hall–Kier alpha value is -2.97. The summed E-state index contributed by atoms with van der Waals surface area (Å²) in [5, 5.41) is 9.14. The van der Waals surface area contributed by atoms with E-state index in [2.05, 4.69) is 20.7 Å². The summed E-state index contributed by atoms with van der Waals surface area (Å²) in [5.74, 6) is -1.60. The van der Waals surface area contributed by atoms with Gasteiger partial charge >= 0.3 is 0 Å². The molecule has 0 aliphatic heterocycles. The molecule has 3 rings (SSSR count). The number of amides is 2. The van der Waals surface area contributed by atoms with Crippen molar-refractivity contribution < 1.29 is 14.0 Å². The van der Waals surface area contributed by atoms with E-state index < -0.39 is 17.8 Å². The minimum Gasteiger partial charge on any atom is -0.324 e. The molecule has 0 aliphatic carbocycles. The zero-order valence-corrected chi connectivity index (χ0v) is 16.0. The molecule has 0 spiro atoms. The summed E-state index contributed by atoms with van der Waals surface area (Å²) < 4.78 is 15.0. The van der Waals surface area contributed by atoms with Crippen LogP contribution in [0.5, 0.6) is 0 Å². The van der Waals surface area contributed by atoms with Gasteiger partial charge in [-0.15, -0.1) is 0 Å². The molecule has 1 unspecified atom stereocenters. The lowest BCUT2D eigenvalue weighted by Crippen LogP contribution is -2.24. The maximum atomic E-state index is 13.6. The molecule has 1 heterocycles. The highest BCUT2D eigenvalue weighted by Gasteiger charge is 2.16. The standard InChI is InChI=1S/C18H14Cl2FN5O2/c1-10(26-9-22-8-23-26)17(27)24-11-2-4-12(5-3-11)25-18(28)13-6-16(21)15(20)7-14(13)19/h2-10H,1H3,(H,24,27)(H,25,28). The van der Waals surface area contributed by atoms with Crippen molar-refractivity contribution in [3.63, 3.8) is 0 Å². The number of carbonyl (C=O) groups excluding carboxylic acids is 2. The third-order valence-corrected chi connectivity index (χ3v) is 4.48. The van der Waals surface area contributed by atoms with Crippen molar-refractivity contribution in [1.29, 1.82) is 0 Å². The minimum absolute atomic E-state index is 0.0369. The van der Waals surface area contributed by atoms with Gasteiger partial charge in [0, 0.05) is 11.4 Å². The maximum absolute atomic E-state index is 13.6. The topological polar surface area (TPSA) is 88.9 Å². The maximum Gasteiger partial charge on any atom is 0.257 e. The van der Waals surface area contributed by atoms with Crippen LogP contribution in [-0.4, -0.2) is 26.6 Å². The Morgan fingerprint density at radius 3 is 2.32 bits per heavy atom. The zero-order valence-electron chi connectivity index (χ0n) is 14.5. The predicted octanol–water partition coefficient (Wildman–Crippen LogP) is 4.18. The van der Waals surface area contributed by atoms with Crippen LogP contribution in [0.15, 0.2) is 49.1 Å². The van der Waals surface area contributed by atoms with Gasteiger partial charge in [0.15, 0.2) is 0 Å². The number of hydrogen-bond acceptors (Lipinski definition) is 4. The molecule has 7 nitrogen and oxygen atoms in total. The molecule has 2 amide bonds. The first-order chi connectivity index (χ1) is 13.3. The number of rotatable bonds is 5. The number of hydrogen-bond donors (Lipinski definition) is 2. The average molecular weight is 422 g/mol. The minimum atomic E-state index is -0.740. The van der Waals surface area contributed by atoms with E-state index in [0.717, 1.165) is 6.07 Å². The Morgan fingerprint density at radius 2 is 1.71 bits per heavy atom. The molecule has 1 atom stereocenters. The zero-order chi connectivity index (χ0) is 20.3. The Bertz CT molecular complexity index is 1010. The molecule has 144 valence electrons. The molecule has 28 heavy (non-hydrogen) atoms. The molecule has 0 bridgehead atoms. The van der Waals surface area contributed by atoms with Crippen LogP contribution in [0.1, 0.15) is 23.3 Å². The van der Waals surface area contributed by atoms with Crippen LogP contribution in [0.25, 0.3) is 0 Å². The fourth-order valence-electron chi connectivity index (χ4n) is 2.32. The lowest BCUT2D eigenvalue weighted by molar-refractivity contribution is -0.119. The molecule has 0 fully saturated rings. The highest BCUT2D eigenvalue weighted by Crippen LogP contribution is 2.25. The van der Waals surface area contributed by atoms with Gasteiger partial charge in [0.05, 0.1) is 15.6 Å². The summed E-state index contributed by atoms with van der Waals surface area (Å²) in [6.07, 6.45) is 2.80. The van der Waals surface area contributed by atoms with Crippen molar-refractivity contribution in [3.8, 4) is 0 Å². The second kappa shape index (κ2) is 8.37. The Kier molecular flexibility index (Phi) is 5.91. The van der Waals surface area contributed by atoms with Crippen LogP contribution in [-0.2, 0) is 4.79 Å². The van der Waals surface area contributed by atoms with Crippen LogP contribution in [0.2, 0.25) is 10.0 Å². The van der Waals surface area contributed by atoms with E-state index in [0.29, 0.717) is 11.4 Å². The number of nitrogens with one attached hydrogen (secondary N) is 2. The van der Waals surface area contributed by atoms with Crippen molar-refractivity contribution in [1.82, 2.24) is 14.8 Å². The van der Waals surface area contributed by atoms with Gasteiger partial charge in [0.1, 0.15) is 24.5 Å². The molecule has 10 heteroatoms. The van der Waals surface area contributed by atoms with Crippen molar-refractivity contribution in [2.75, 3.05) is 10.6 Å². The lowest BCUT2D eigenvalue weighted by Gasteiger charge is -2.13. The van der Waals surface area contributed by atoms with E-state index in [1.165, 1.54) is 23.4 Å². The number of benzene rings is 2. The van der Waals surface area contributed by atoms with Crippen molar-refractivity contribution in [2.45, 2.75) is 13.0 Å². The van der Waals surface area contributed by atoms with Crippen molar-refractivity contribution in [2.24, 2.45) is 0 Å². The highest BCUT2D eigenvalue weighted by molar-refractivity contribution is 6.37. The van der Waals surface area contributed by atoms with Gasteiger partial charge in [-0.25, -0.2) is 14.1 Å². The molecule has 3 aromatic rings. The third kappa shape index (κ3) is 4.47. The fraction of sp³-hybridized carbons (Fsp3) is 0.111. The van der Waals surface area contributed by atoms with Crippen LogP contribution >= 0.6 is 23.2 Å². The largest absolute Gasteiger partial charge is 0.324 e. The Labute approximate surface area is 169 Å². The first-order valence-electron chi connectivity index (χ1n) is 8.06. The number of halogens is 3. The Morgan fingerprint density at radius 1 is 1.07 bits per heavy atom. The molecule has 0 radical (unpaired) electrons. The second-order valence-electron chi connectivity index (χ2n) is 5.82. The molecule has 2 N–H and O–H groups in total. The molecular weight excluding hydrogens is 408 g/mol. The van der Waals surface area contributed by atoms with Gasteiger partial charge in [-0.3, -0.25) is 9.59 Å². The summed E-state index contributed by atoms with van der Waals surface area (Å²) in [6.45, 7) is 1.69. The van der Waals surface area contributed by atoms with Gasteiger partial charge in [0.2, 0.25) is 5.91 Å². The van der Waals surface area contributed by atoms with E-state index >= 15 is 0 Å². The molecule has 2 aromatic carbocycles. The van der Waals surface area contributed by atoms with Gasteiger partial charge in [-0.1, -0.05) is 23.2 Å². The lowest BCUT2D eigenvalue weighted by atomic mass is 10.2. The second-order valence-corrected chi connectivity index (χ2v) is 6.63. The SMILES string of the molecule is CC(C(=O)Nc1ccc(NC(=O)c2cc(F)c(Cl)cc2Cl)cc1)n1cncn1. The van der Waals surface area contributed by atoms with E-state index in [9.17, 15) is 14.0 Å². The van der Waals surface area contributed by atoms with E-state index in [1.807, 2.05) is 0 Å². The van der Waals surface area contributed by atoms with Crippen molar-refractivity contribution >= 4 is 46.4 Å². The first-order valence-corrected chi connectivity index (χ1v) is 8.81. The van der Waals surface area contributed by atoms with Gasteiger partial charge in [-0.2, -0.15) is 5.10 Å². The molecule has 0 aliphatic rings. The van der Waals surface area contributed by atoms with Crippen LogP contribution < -0.4 is 10.6 Å². The summed E-state index contributed by atoms with van der Waals surface area (Å²) in [5.41, 5.74) is 0.937. The number of nitrogens with zero attached hydrogens (tertiary/aromatic N) is 3. The quantitative estimate of drug-likeness (QED) is 0.604. The molecule has 0 saturated heterocycles. The number of carbonyl (C=O) groups is 2. The van der Waals surface area contributed by atoms with Gasteiger partial charge < -0.3 is 10.6 Å². The highest BCUT2D eigenvalue weighted by atomic mass is 35.5. The number of anilines is 2. The molecule has 0 saturated carbocycles. The predicted molar refractivity (Wildman–Crippen MR) is 104 cm³/mol. The smallest absolute Gasteiger partial charge is 0.257 e. The van der Waals surface area contributed by atoms with Crippen molar-refractivity contribution in [3.05, 3.63) is 70.5 Å². The summed E-state index contributed by atoms with van der Waals surface area (Å²) >= 11 is 11.6. The average Bonchev–Trinajstić information content (AvgIpc) is 3.20. The molecule has 1 aromatic heterocycles. The van der Waals surface area contributed by atoms with Crippen LogP contribution in [0, 0.1) is 5.82 Å². The Balaban J connectivity index is 1.65. The summed E-state index contributed by atoms with van der Waals surface area (Å²) in [7, 11) is 0. The van der Waals surface area contributed by atoms with Crippen LogP contribution in [0.4, 0.5) is 15.8 Å². The fourth-order valence-corrected chi connectivity index (χ4v) is 2.79. The molecular formula is C18H14Cl2FN5O2. The normalized spacial score (nSPS) is 11.7. The van der Waals surface area contributed by atoms with E-state index in [4.69, 9.17) is 23.2 Å². The monoisotopic (exact) mass is 421 g/mol. The summed E-state index contributed by atoms with van der Waals surface area (Å²) in [4.78, 5) is 28.3. The van der Waals surface area contributed by atoms with Crippen LogP contribution in [0.3, 0.4) is 0 Å². The van der Waals surface area contributed by atoms with E-state index in [1.54, 1.807) is 31.2 Å². The van der Waals surface area contributed by atoms with Gasteiger partial charge in [-0.05, 0) is 43.3 Å². The number of aromatic nitrogens is 3. The summed E-state index contributed by atoms with van der Waals surface area (Å²) in [6, 6.07) is 8.02. The van der Waals surface area contributed by atoms with E-state index in [-0.39, 0.29) is 21.5 Å².